The van der Waals surface area contributed by atoms with E-state index in [-0.39, 0.29) is 24.0 Å². The molecule has 0 bridgehead atoms. The van der Waals surface area contributed by atoms with Gasteiger partial charge in [-0.05, 0) is 30.9 Å². The van der Waals surface area contributed by atoms with Gasteiger partial charge in [-0.1, -0.05) is 38.5 Å². The molecule has 1 aromatic carbocycles. The van der Waals surface area contributed by atoms with Crippen molar-refractivity contribution in [1.29, 1.82) is 0 Å². The Bertz CT molecular complexity index is 390. The monoisotopic (exact) mass is 249 g/mol. The number of aliphatic hydroxyl groups excluding tert-OH is 1. The van der Waals surface area contributed by atoms with Gasteiger partial charge in [0.25, 0.3) is 5.91 Å². The summed E-state index contributed by atoms with van der Waals surface area (Å²) in [5.41, 5.74) is 1.83. The molecule has 0 heterocycles. The molecule has 0 radical (unpaired) electrons. The number of aryl methyl sites for hydroxylation is 1. The van der Waals surface area contributed by atoms with Crippen molar-refractivity contribution in [3.8, 4) is 0 Å². The van der Waals surface area contributed by atoms with E-state index in [4.69, 9.17) is 0 Å². The Morgan fingerprint density at radius 3 is 2.28 bits per heavy atom. The lowest BCUT2D eigenvalue weighted by Gasteiger charge is -2.25. The topological polar surface area (TPSA) is 49.3 Å². The molecule has 2 N–H and O–H groups in total. The van der Waals surface area contributed by atoms with Crippen LogP contribution in [0.2, 0.25) is 0 Å². The molecule has 0 saturated carbocycles. The summed E-state index contributed by atoms with van der Waals surface area (Å²) in [6, 6.07) is 7.23. The molecule has 0 aliphatic heterocycles. The quantitative estimate of drug-likeness (QED) is 0.861. The number of carbonyl (C=O) groups excluding carboxylic acids is 1. The van der Waals surface area contributed by atoms with Crippen LogP contribution in [0.25, 0.3) is 0 Å². The van der Waals surface area contributed by atoms with E-state index in [1.54, 1.807) is 12.1 Å². The minimum absolute atomic E-state index is 0.0329. The molecule has 100 valence electrons. The fourth-order valence-electron chi connectivity index (χ4n) is 1.87. The van der Waals surface area contributed by atoms with Crippen molar-refractivity contribution < 1.29 is 9.90 Å². The van der Waals surface area contributed by atoms with E-state index in [9.17, 15) is 9.90 Å². The van der Waals surface area contributed by atoms with E-state index in [1.165, 1.54) is 0 Å². The first-order valence-corrected chi connectivity index (χ1v) is 6.30. The third-order valence-electron chi connectivity index (χ3n) is 2.73. The average Bonchev–Trinajstić information content (AvgIpc) is 2.27. The molecule has 0 aromatic heterocycles. The van der Waals surface area contributed by atoms with Crippen molar-refractivity contribution in [1.82, 2.24) is 5.32 Å². The van der Waals surface area contributed by atoms with Crippen LogP contribution in [0.3, 0.4) is 0 Å². The molecule has 1 rings (SSSR count). The van der Waals surface area contributed by atoms with Crippen LogP contribution in [-0.4, -0.2) is 23.7 Å². The number of hydrogen-bond donors (Lipinski definition) is 2. The summed E-state index contributed by atoms with van der Waals surface area (Å²) in [6.45, 7) is 8.22. The number of benzene rings is 1. The number of aliphatic hydroxyl groups is 1. The summed E-state index contributed by atoms with van der Waals surface area (Å²) in [7, 11) is 0. The molecule has 18 heavy (non-hydrogen) atoms. The third kappa shape index (κ3) is 4.88. The standard InChI is InChI=1S/C15H23NO2/c1-11-5-7-12(8-6-11)14(18)16-13(10-17)9-15(2,3)4/h5-8,13,17H,9-10H2,1-4H3,(H,16,18). The number of amides is 1. The molecule has 0 saturated heterocycles. The van der Waals surface area contributed by atoms with E-state index >= 15 is 0 Å². The molecule has 3 heteroatoms. The first kappa shape index (κ1) is 14.7. The summed E-state index contributed by atoms with van der Waals surface area (Å²) < 4.78 is 0. The smallest absolute Gasteiger partial charge is 0.251 e. The predicted molar refractivity (Wildman–Crippen MR) is 73.6 cm³/mol. The second-order valence-corrected chi connectivity index (χ2v) is 5.98. The van der Waals surface area contributed by atoms with Gasteiger partial charge in [0.05, 0.1) is 12.6 Å². The van der Waals surface area contributed by atoms with Crippen molar-refractivity contribution >= 4 is 5.91 Å². The van der Waals surface area contributed by atoms with E-state index in [2.05, 4.69) is 26.1 Å². The van der Waals surface area contributed by atoms with Gasteiger partial charge in [0.1, 0.15) is 0 Å². The van der Waals surface area contributed by atoms with Crippen LogP contribution in [0.15, 0.2) is 24.3 Å². The van der Waals surface area contributed by atoms with Gasteiger partial charge >= 0.3 is 0 Å². The van der Waals surface area contributed by atoms with Crippen molar-refractivity contribution in [3.05, 3.63) is 35.4 Å². The lowest BCUT2D eigenvalue weighted by molar-refractivity contribution is 0.0897. The third-order valence-corrected chi connectivity index (χ3v) is 2.73. The van der Waals surface area contributed by atoms with Crippen molar-refractivity contribution in [3.63, 3.8) is 0 Å². The van der Waals surface area contributed by atoms with Gasteiger partial charge in [0.2, 0.25) is 0 Å². The predicted octanol–water partition coefficient (Wildman–Crippen LogP) is 2.52. The molecule has 0 spiro atoms. The fraction of sp³-hybridized carbons (Fsp3) is 0.533. The minimum atomic E-state index is -0.196. The molecule has 0 fully saturated rings. The summed E-state index contributed by atoms with van der Waals surface area (Å²) >= 11 is 0. The molecule has 0 aliphatic rings. The normalized spacial score (nSPS) is 13.2. The number of hydrogen-bond acceptors (Lipinski definition) is 2. The Labute approximate surface area is 109 Å². The first-order valence-electron chi connectivity index (χ1n) is 6.30. The Hall–Kier alpha value is -1.35. The Balaban J connectivity index is 2.65. The van der Waals surface area contributed by atoms with Crippen LogP contribution in [-0.2, 0) is 0 Å². The van der Waals surface area contributed by atoms with Crippen LogP contribution < -0.4 is 5.32 Å². The van der Waals surface area contributed by atoms with E-state index in [0.29, 0.717) is 5.56 Å². The Morgan fingerprint density at radius 1 is 1.28 bits per heavy atom. The summed E-state index contributed by atoms with van der Waals surface area (Å²) in [4.78, 5) is 12.0. The highest BCUT2D eigenvalue weighted by Crippen LogP contribution is 2.20. The number of carbonyl (C=O) groups is 1. The zero-order valence-electron chi connectivity index (χ0n) is 11.7. The maximum absolute atomic E-state index is 12.0. The second kappa shape index (κ2) is 6.01. The Kier molecular flexibility index (Phi) is 4.91. The van der Waals surface area contributed by atoms with Crippen molar-refractivity contribution in [2.45, 2.75) is 40.2 Å². The maximum atomic E-state index is 12.0. The van der Waals surface area contributed by atoms with Crippen LogP contribution in [0.4, 0.5) is 0 Å². The number of rotatable bonds is 4. The lowest BCUT2D eigenvalue weighted by Crippen LogP contribution is -2.40. The Morgan fingerprint density at radius 2 is 1.83 bits per heavy atom. The molecule has 1 amide bonds. The largest absolute Gasteiger partial charge is 0.394 e. The van der Waals surface area contributed by atoms with Gasteiger partial charge in [-0.3, -0.25) is 4.79 Å². The minimum Gasteiger partial charge on any atom is -0.394 e. The molecule has 1 atom stereocenters. The van der Waals surface area contributed by atoms with E-state index < -0.39 is 0 Å². The molecule has 1 aromatic rings. The molecule has 3 nitrogen and oxygen atoms in total. The van der Waals surface area contributed by atoms with Gasteiger partial charge < -0.3 is 10.4 Å². The van der Waals surface area contributed by atoms with Crippen molar-refractivity contribution in [2.24, 2.45) is 5.41 Å². The second-order valence-electron chi connectivity index (χ2n) is 5.98. The molecular formula is C15H23NO2. The zero-order chi connectivity index (χ0) is 13.8. The maximum Gasteiger partial charge on any atom is 0.251 e. The molecule has 1 unspecified atom stereocenters. The highest BCUT2D eigenvalue weighted by molar-refractivity contribution is 5.94. The highest BCUT2D eigenvalue weighted by atomic mass is 16.3. The van der Waals surface area contributed by atoms with Crippen LogP contribution in [0.1, 0.15) is 43.1 Å². The van der Waals surface area contributed by atoms with Gasteiger partial charge in [-0.15, -0.1) is 0 Å². The summed E-state index contributed by atoms with van der Waals surface area (Å²) in [5, 5.41) is 12.2. The van der Waals surface area contributed by atoms with Gasteiger partial charge in [0.15, 0.2) is 0 Å². The molecule has 0 aliphatic carbocycles. The van der Waals surface area contributed by atoms with E-state index in [1.807, 2.05) is 19.1 Å². The van der Waals surface area contributed by atoms with Gasteiger partial charge in [-0.2, -0.15) is 0 Å². The number of nitrogens with one attached hydrogen (secondary N) is 1. The van der Waals surface area contributed by atoms with Gasteiger partial charge in [-0.25, -0.2) is 0 Å². The zero-order valence-corrected chi connectivity index (χ0v) is 11.7. The summed E-state index contributed by atoms with van der Waals surface area (Å²) in [5.74, 6) is -0.127. The van der Waals surface area contributed by atoms with Crippen molar-refractivity contribution in [2.75, 3.05) is 6.61 Å². The van der Waals surface area contributed by atoms with Crippen LogP contribution in [0.5, 0.6) is 0 Å². The van der Waals surface area contributed by atoms with E-state index in [0.717, 1.165) is 12.0 Å². The summed E-state index contributed by atoms with van der Waals surface area (Å²) in [6.07, 6.45) is 0.751. The van der Waals surface area contributed by atoms with Crippen LogP contribution in [0, 0.1) is 12.3 Å². The fourth-order valence-corrected chi connectivity index (χ4v) is 1.87. The highest BCUT2D eigenvalue weighted by Gasteiger charge is 2.20. The van der Waals surface area contributed by atoms with Crippen LogP contribution >= 0.6 is 0 Å². The SMILES string of the molecule is Cc1ccc(C(=O)NC(CO)CC(C)(C)C)cc1. The average molecular weight is 249 g/mol. The van der Waals surface area contributed by atoms with Gasteiger partial charge in [0, 0.05) is 5.56 Å². The first-order chi connectivity index (χ1) is 8.31. The molecular weight excluding hydrogens is 226 g/mol. The lowest BCUT2D eigenvalue weighted by atomic mass is 9.88.